The summed E-state index contributed by atoms with van der Waals surface area (Å²) in [5, 5.41) is 12.2. The first-order valence-corrected chi connectivity index (χ1v) is 7.80. The van der Waals surface area contributed by atoms with Gasteiger partial charge in [0.15, 0.2) is 11.7 Å². The number of Topliss-reactive ketones (excluding diaryl/α,β-unsaturated/α-hetero) is 1. The molecule has 1 heterocycles. The van der Waals surface area contributed by atoms with Crippen molar-refractivity contribution < 1.29 is 9.59 Å². The normalized spacial score (nSPS) is 11.7. The molecule has 3 rings (SSSR count). The molecule has 0 spiro atoms. The maximum absolute atomic E-state index is 12.7. The number of nitrogens with zero attached hydrogens (tertiary/aromatic N) is 2. The van der Waals surface area contributed by atoms with Crippen LogP contribution in [0.2, 0.25) is 0 Å². The topological polar surface area (TPSA) is 98.6 Å². The third kappa shape index (κ3) is 3.56. The summed E-state index contributed by atoms with van der Waals surface area (Å²) in [6.45, 7) is 1.85. The van der Waals surface area contributed by atoms with E-state index in [1.165, 1.54) is 6.92 Å². The largest absolute Gasteiger partial charge is 0.352 e. The summed E-state index contributed by atoms with van der Waals surface area (Å²) in [6.07, 6.45) is 0. The van der Waals surface area contributed by atoms with Crippen LogP contribution in [0.25, 0.3) is 11.0 Å². The monoisotopic (exact) mass is 332 g/mol. The van der Waals surface area contributed by atoms with Gasteiger partial charge in [0, 0.05) is 19.0 Å². The van der Waals surface area contributed by atoms with Crippen molar-refractivity contribution in [3.8, 4) is 6.07 Å². The van der Waals surface area contributed by atoms with Crippen molar-refractivity contribution in [1.82, 2.24) is 15.3 Å². The van der Waals surface area contributed by atoms with Crippen molar-refractivity contribution in [2.24, 2.45) is 0 Å². The van der Waals surface area contributed by atoms with Crippen molar-refractivity contribution in [3.63, 3.8) is 0 Å². The van der Waals surface area contributed by atoms with Crippen LogP contribution in [-0.4, -0.2) is 21.7 Å². The molecule has 0 fully saturated rings. The standard InChI is InChI=1S/C19H16N4O2/c1-12(24)21-11-13-6-8-14(9-7-13)18(25)15(10-20)19-22-16-4-2-3-5-17(16)23-19/h2-9,15H,11H2,1H3,(H,21,24)(H,22,23). The van der Waals surface area contributed by atoms with Gasteiger partial charge in [0.25, 0.3) is 0 Å². The molecule has 1 aromatic heterocycles. The molecule has 1 amide bonds. The van der Waals surface area contributed by atoms with Crippen molar-refractivity contribution in [2.45, 2.75) is 19.4 Å². The van der Waals surface area contributed by atoms with E-state index in [4.69, 9.17) is 0 Å². The highest BCUT2D eigenvalue weighted by atomic mass is 16.1. The lowest BCUT2D eigenvalue weighted by atomic mass is 9.97. The Kier molecular flexibility index (Phi) is 4.57. The Morgan fingerprint density at radius 3 is 2.56 bits per heavy atom. The third-order valence-corrected chi connectivity index (χ3v) is 3.85. The van der Waals surface area contributed by atoms with Gasteiger partial charge in [-0.15, -0.1) is 0 Å². The van der Waals surface area contributed by atoms with Crippen LogP contribution in [0, 0.1) is 11.3 Å². The second-order valence-electron chi connectivity index (χ2n) is 5.67. The van der Waals surface area contributed by atoms with Gasteiger partial charge >= 0.3 is 0 Å². The molecule has 0 aliphatic heterocycles. The Morgan fingerprint density at radius 1 is 1.20 bits per heavy atom. The van der Waals surface area contributed by atoms with Gasteiger partial charge in [-0.1, -0.05) is 36.4 Å². The van der Waals surface area contributed by atoms with Gasteiger partial charge in [-0.05, 0) is 17.7 Å². The number of nitrogens with one attached hydrogen (secondary N) is 2. The molecule has 3 aromatic rings. The van der Waals surface area contributed by atoms with E-state index in [9.17, 15) is 14.9 Å². The van der Waals surface area contributed by atoms with Crippen LogP contribution in [0.1, 0.15) is 34.6 Å². The zero-order valence-electron chi connectivity index (χ0n) is 13.6. The number of fused-ring (bicyclic) bond motifs is 1. The smallest absolute Gasteiger partial charge is 0.217 e. The molecule has 6 heteroatoms. The number of hydrogen-bond donors (Lipinski definition) is 2. The molecule has 2 N–H and O–H groups in total. The summed E-state index contributed by atoms with van der Waals surface area (Å²) in [7, 11) is 0. The van der Waals surface area contributed by atoms with Gasteiger partial charge in [-0.25, -0.2) is 4.98 Å². The molecule has 0 saturated carbocycles. The fourth-order valence-electron chi connectivity index (χ4n) is 2.53. The van der Waals surface area contributed by atoms with E-state index in [1.807, 2.05) is 30.3 Å². The van der Waals surface area contributed by atoms with Crippen LogP contribution in [0.15, 0.2) is 48.5 Å². The number of aromatic nitrogens is 2. The molecule has 25 heavy (non-hydrogen) atoms. The Morgan fingerprint density at radius 2 is 1.92 bits per heavy atom. The highest BCUT2D eigenvalue weighted by Gasteiger charge is 2.25. The van der Waals surface area contributed by atoms with Crippen LogP contribution in [0.3, 0.4) is 0 Å². The zero-order valence-corrected chi connectivity index (χ0v) is 13.6. The fourth-order valence-corrected chi connectivity index (χ4v) is 2.53. The number of aromatic amines is 1. The summed E-state index contributed by atoms with van der Waals surface area (Å²) in [5.74, 6) is -1.08. The van der Waals surface area contributed by atoms with Crippen LogP contribution in [-0.2, 0) is 11.3 Å². The summed E-state index contributed by atoms with van der Waals surface area (Å²) < 4.78 is 0. The maximum atomic E-state index is 12.7. The van der Waals surface area contributed by atoms with E-state index < -0.39 is 5.92 Å². The van der Waals surface area contributed by atoms with E-state index in [0.29, 0.717) is 17.9 Å². The second-order valence-corrected chi connectivity index (χ2v) is 5.67. The molecule has 0 aliphatic rings. The van der Waals surface area contributed by atoms with Crippen LogP contribution in [0.4, 0.5) is 0 Å². The molecular weight excluding hydrogens is 316 g/mol. The van der Waals surface area contributed by atoms with E-state index in [1.54, 1.807) is 24.3 Å². The zero-order chi connectivity index (χ0) is 17.8. The second kappa shape index (κ2) is 6.97. The Bertz CT molecular complexity index is 934. The van der Waals surface area contributed by atoms with Crippen molar-refractivity contribution in [2.75, 3.05) is 0 Å². The fraction of sp³-hybridized carbons (Fsp3) is 0.158. The number of imidazole rings is 1. The molecular formula is C19H16N4O2. The van der Waals surface area contributed by atoms with Gasteiger partial charge < -0.3 is 10.3 Å². The predicted molar refractivity (Wildman–Crippen MR) is 92.7 cm³/mol. The minimum atomic E-state index is -0.992. The lowest BCUT2D eigenvalue weighted by Gasteiger charge is -2.07. The number of H-pyrrole nitrogens is 1. The Balaban J connectivity index is 1.82. The molecule has 2 aromatic carbocycles. The van der Waals surface area contributed by atoms with E-state index in [2.05, 4.69) is 15.3 Å². The predicted octanol–water partition coefficient (Wildman–Crippen LogP) is 2.69. The number of amides is 1. The minimum absolute atomic E-state index is 0.116. The van der Waals surface area contributed by atoms with E-state index >= 15 is 0 Å². The number of rotatable bonds is 5. The van der Waals surface area contributed by atoms with Crippen molar-refractivity contribution in [3.05, 3.63) is 65.5 Å². The van der Waals surface area contributed by atoms with Gasteiger partial charge in [0.2, 0.25) is 5.91 Å². The minimum Gasteiger partial charge on any atom is -0.352 e. The van der Waals surface area contributed by atoms with Gasteiger partial charge in [-0.3, -0.25) is 9.59 Å². The molecule has 0 saturated heterocycles. The van der Waals surface area contributed by atoms with Crippen LogP contribution >= 0.6 is 0 Å². The summed E-state index contributed by atoms with van der Waals surface area (Å²) in [6, 6.07) is 16.3. The average molecular weight is 332 g/mol. The number of benzene rings is 2. The average Bonchev–Trinajstić information content (AvgIpc) is 3.04. The van der Waals surface area contributed by atoms with Gasteiger partial charge in [-0.2, -0.15) is 5.26 Å². The Labute approximate surface area is 144 Å². The Hall–Kier alpha value is -3.46. The molecule has 6 nitrogen and oxygen atoms in total. The first kappa shape index (κ1) is 16.4. The maximum Gasteiger partial charge on any atom is 0.217 e. The van der Waals surface area contributed by atoms with Crippen LogP contribution in [0.5, 0.6) is 0 Å². The number of carbonyl (C=O) groups excluding carboxylic acids is 2. The number of ketones is 1. The summed E-state index contributed by atoms with van der Waals surface area (Å²) in [4.78, 5) is 31.0. The quantitative estimate of drug-likeness (QED) is 0.702. The number of nitriles is 1. The number of carbonyl (C=O) groups is 2. The lowest BCUT2D eigenvalue weighted by molar-refractivity contribution is -0.119. The first-order chi connectivity index (χ1) is 12.1. The van der Waals surface area contributed by atoms with Gasteiger partial charge in [0.05, 0.1) is 17.1 Å². The SMILES string of the molecule is CC(=O)NCc1ccc(C(=O)C(C#N)c2nc3ccccc3[nH]2)cc1. The number of para-hydroxylation sites is 2. The number of hydrogen-bond acceptors (Lipinski definition) is 4. The van der Waals surface area contributed by atoms with Crippen molar-refractivity contribution in [1.29, 1.82) is 5.26 Å². The van der Waals surface area contributed by atoms with Crippen molar-refractivity contribution >= 4 is 22.7 Å². The molecule has 0 radical (unpaired) electrons. The highest BCUT2D eigenvalue weighted by molar-refractivity contribution is 6.02. The molecule has 1 atom stereocenters. The first-order valence-electron chi connectivity index (χ1n) is 7.80. The summed E-state index contributed by atoms with van der Waals surface area (Å²) >= 11 is 0. The molecule has 1 unspecified atom stereocenters. The summed E-state index contributed by atoms with van der Waals surface area (Å²) in [5.41, 5.74) is 2.81. The lowest BCUT2D eigenvalue weighted by Crippen LogP contribution is -2.19. The van der Waals surface area contributed by atoms with Crippen LogP contribution < -0.4 is 5.32 Å². The van der Waals surface area contributed by atoms with E-state index in [0.717, 1.165) is 16.6 Å². The molecule has 0 aliphatic carbocycles. The molecule has 0 bridgehead atoms. The highest BCUT2D eigenvalue weighted by Crippen LogP contribution is 2.21. The molecule has 124 valence electrons. The van der Waals surface area contributed by atoms with Gasteiger partial charge in [0.1, 0.15) is 5.82 Å². The third-order valence-electron chi connectivity index (χ3n) is 3.85. The van der Waals surface area contributed by atoms with E-state index in [-0.39, 0.29) is 11.7 Å².